The molecule has 3 nitrogen and oxygen atoms in total. The quantitative estimate of drug-likeness (QED) is 0.243. The Labute approximate surface area is 219 Å². The van der Waals surface area contributed by atoms with Crippen molar-refractivity contribution < 1.29 is 0 Å². The van der Waals surface area contributed by atoms with Crippen molar-refractivity contribution in [2.45, 2.75) is 17.2 Å². The van der Waals surface area contributed by atoms with Gasteiger partial charge in [-0.25, -0.2) is 15.0 Å². The number of aromatic nitrogens is 2. The number of hydrogen-bond donors (Lipinski definition) is 0. The Morgan fingerprint density at radius 1 is 0.676 bits per heavy atom. The van der Waals surface area contributed by atoms with Gasteiger partial charge in [0.1, 0.15) is 0 Å². The third-order valence-electron chi connectivity index (χ3n) is 7.44. The summed E-state index contributed by atoms with van der Waals surface area (Å²) in [5.74, 6) is 1.06. The lowest BCUT2D eigenvalue weighted by Crippen LogP contribution is -2.15. The van der Waals surface area contributed by atoms with E-state index in [2.05, 4.69) is 97.1 Å². The summed E-state index contributed by atoms with van der Waals surface area (Å²) < 4.78 is 0. The Balaban J connectivity index is 1.29. The minimum absolute atomic E-state index is 0.297. The summed E-state index contributed by atoms with van der Waals surface area (Å²) in [6.07, 6.45) is 0.940. The van der Waals surface area contributed by atoms with Crippen LogP contribution in [0.4, 0.5) is 5.69 Å². The van der Waals surface area contributed by atoms with E-state index in [1.165, 1.54) is 31.8 Å². The predicted molar refractivity (Wildman–Crippen MR) is 154 cm³/mol. The lowest BCUT2D eigenvalue weighted by atomic mass is 9.89. The number of hydrogen-bond acceptors (Lipinski definition) is 4. The number of nitrogens with zero attached hydrogens (tertiary/aromatic N) is 3. The zero-order valence-electron chi connectivity index (χ0n) is 19.9. The number of benzene rings is 5. The molecule has 0 aliphatic carbocycles. The first-order valence-corrected chi connectivity index (χ1v) is 13.4. The molecule has 8 rings (SSSR count). The van der Waals surface area contributed by atoms with E-state index in [0.29, 0.717) is 5.92 Å². The molecule has 0 radical (unpaired) electrons. The fraction of sp³-hybridized carbons (Fsp3) is 0.0606. The average Bonchev–Trinajstić information content (AvgIpc) is 3.33. The fourth-order valence-electron chi connectivity index (χ4n) is 5.73. The molecule has 3 heterocycles. The lowest BCUT2D eigenvalue weighted by molar-refractivity contribution is 0.884. The summed E-state index contributed by atoms with van der Waals surface area (Å²) in [6, 6.07) is 38.3. The standard InChI is InChI=1S/C33H21N3S/c1-2-10-21(11-3-1)30-24-14-6-7-16-27(24)34-32(36-30)25-15-8-12-22-19-26-29-23-13-5-4-9-20(23)17-18-28(29)35-33(26)37-31(22)25/h1-18,26H,19H2. The third-order valence-corrected chi connectivity index (χ3v) is 8.71. The van der Waals surface area contributed by atoms with Crippen LogP contribution in [0.15, 0.2) is 119 Å². The Kier molecular flexibility index (Phi) is 4.58. The van der Waals surface area contributed by atoms with E-state index in [1.807, 2.05) is 12.1 Å². The molecule has 5 aromatic carbocycles. The van der Waals surface area contributed by atoms with Crippen molar-refractivity contribution in [3.63, 3.8) is 0 Å². The van der Waals surface area contributed by atoms with Gasteiger partial charge in [0.05, 0.1) is 21.9 Å². The highest BCUT2D eigenvalue weighted by atomic mass is 32.2. The van der Waals surface area contributed by atoms with Crippen LogP contribution in [0.2, 0.25) is 0 Å². The van der Waals surface area contributed by atoms with Crippen LogP contribution in [0.25, 0.3) is 44.3 Å². The topological polar surface area (TPSA) is 38.1 Å². The molecule has 37 heavy (non-hydrogen) atoms. The summed E-state index contributed by atoms with van der Waals surface area (Å²) >= 11 is 1.79. The van der Waals surface area contributed by atoms with Crippen LogP contribution in [-0.4, -0.2) is 15.0 Å². The highest BCUT2D eigenvalue weighted by Gasteiger charge is 2.35. The molecule has 0 fully saturated rings. The van der Waals surface area contributed by atoms with E-state index in [4.69, 9.17) is 15.0 Å². The van der Waals surface area contributed by atoms with E-state index in [9.17, 15) is 0 Å². The molecule has 2 aliphatic heterocycles. The Morgan fingerprint density at radius 3 is 2.41 bits per heavy atom. The van der Waals surface area contributed by atoms with E-state index < -0.39 is 0 Å². The van der Waals surface area contributed by atoms with Gasteiger partial charge in [-0.2, -0.15) is 0 Å². The van der Waals surface area contributed by atoms with Gasteiger partial charge >= 0.3 is 0 Å². The molecular weight excluding hydrogens is 470 g/mol. The minimum Gasteiger partial charge on any atom is -0.245 e. The molecular formula is C33H21N3S. The molecule has 0 spiro atoms. The second-order valence-corrected chi connectivity index (χ2v) is 10.6. The predicted octanol–water partition coefficient (Wildman–Crippen LogP) is 8.59. The summed E-state index contributed by atoms with van der Waals surface area (Å²) in [5, 5.41) is 4.84. The van der Waals surface area contributed by atoms with Crippen LogP contribution in [0.1, 0.15) is 17.0 Å². The van der Waals surface area contributed by atoms with Crippen molar-refractivity contribution in [2.75, 3.05) is 0 Å². The second kappa shape index (κ2) is 8.12. The SMILES string of the molecule is c1ccc(-c2nc(-c3cccc4c3SC3=Nc5ccc6ccccc6c5C3C4)nc3ccccc23)cc1. The third kappa shape index (κ3) is 3.26. The first-order valence-electron chi connectivity index (χ1n) is 12.6. The van der Waals surface area contributed by atoms with Gasteiger partial charge in [-0.05, 0) is 40.5 Å². The van der Waals surface area contributed by atoms with Crippen LogP contribution in [0.5, 0.6) is 0 Å². The first-order chi connectivity index (χ1) is 18.3. The molecule has 0 N–H and O–H groups in total. The number of fused-ring (bicyclic) bond motifs is 7. The lowest BCUT2D eigenvalue weighted by Gasteiger charge is -2.25. The van der Waals surface area contributed by atoms with Crippen molar-refractivity contribution in [3.8, 4) is 22.6 Å². The molecule has 1 atom stereocenters. The fourth-order valence-corrected chi connectivity index (χ4v) is 6.98. The maximum Gasteiger partial charge on any atom is 0.161 e. The molecule has 4 heteroatoms. The molecule has 174 valence electrons. The van der Waals surface area contributed by atoms with Gasteiger partial charge in [0.25, 0.3) is 0 Å². The molecule has 0 saturated carbocycles. The van der Waals surface area contributed by atoms with Gasteiger partial charge in [0.2, 0.25) is 0 Å². The molecule has 2 aliphatic rings. The maximum absolute atomic E-state index is 5.15. The Morgan fingerprint density at radius 2 is 1.49 bits per heavy atom. The smallest absolute Gasteiger partial charge is 0.161 e. The first kappa shape index (κ1) is 20.9. The number of para-hydroxylation sites is 1. The number of rotatable bonds is 2. The van der Waals surface area contributed by atoms with Crippen molar-refractivity contribution in [1.29, 1.82) is 0 Å². The van der Waals surface area contributed by atoms with Gasteiger partial charge < -0.3 is 0 Å². The van der Waals surface area contributed by atoms with Crippen molar-refractivity contribution in [1.82, 2.24) is 9.97 Å². The van der Waals surface area contributed by atoms with Crippen LogP contribution in [0, 0.1) is 0 Å². The molecule has 0 amide bonds. The van der Waals surface area contributed by atoms with Gasteiger partial charge in [-0.15, -0.1) is 0 Å². The van der Waals surface area contributed by atoms with E-state index in [1.54, 1.807) is 11.8 Å². The zero-order chi connectivity index (χ0) is 24.3. The number of thioether (sulfide) groups is 1. The minimum atomic E-state index is 0.297. The normalized spacial score (nSPS) is 15.8. The van der Waals surface area contributed by atoms with E-state index in [0.717, 1.165) is 45.7 Å². The largest absolute Gasteiger partial charge is 0.245 e. The zero-order valence-corrected chi connectivity index (χ0v) is 20.7. The van der Waals surface area contributed by atoms with Crippen molar-refractivity contribution in [3.05, 3.63) is 120 Å². The molecule has 1 unspecified atom stereocenters. The highest BCUT2D eigenvalue weighted by Crippen LogP contribution is 2.51. The summed E-state index contributed by atoms with van der Waals surface area (Å²) in [4.78, 5) is 16.5. The van der Waals surface area contributed by atoms with E-state index in [-0.39, 0.29) is 0 Å². The van der Waals surface area contributed by atoms with Gasteiger partial charge in [0.15, 0.2) is 5.82 Å². The maximum atomic E-state index is 5.15. The van der Waals surface area contributed by atoms with Crippen LogP contribution >= 0.6 is 11.8 Å². The highest BCUT2D eigenvalue weighted by molar-refractivity contribution is 8.14. The van der Waals surface area contributed by atoms with E-state index >= 15 is 0 Å². The monoisotopic (exact) mass is 491 g/mol. The molecule has 6 aromatic rings. The van der Waals surface area contributed by atoms with Crippen molar-refractivity contribution in [2.24, 2.45) is 4.99 Å². The van der Waals surface area contributed by atoms with Crippen molar-refractivity contribution >= 4 is 44.2 Å². The van der Waals surface area contributed by atoms with Crippen LogP contribution < -0.4 is 0 Å². The molecule has 0 saturated heterocycles. The summed E-state index contributed by atoms with van der Waals surface area (Å²) in [7, 11) is 0. The van der Waals surface area contributed by atoms with Crippen LogP contribution in [0.3, 0.4) is 0 Å². The molecule has 1 aromatic heterocycles. The van der Waals surface area contributed by atoms with Gasteiger partial charge in [0, 0.05) is 27.3 Å². The Bertz CT molecular complexity index is 1890. The van der Waals surface area contributed by atoms with Gasteiger partial charge in [-0.1, -0.05) is 109 Å². The summed E-state index contributed by atoms with van der Waals surface area (Å²) in [5.41, 5.74) is 7.91. The Hall–Kier alpha value is -4.28. The number of aliphatic imine (C=N–C) groups is 1. The summed E-state index contributed by atoms with van der Waals surface area (Å²) in [6.45, 7) is 0. The second-order valence-electron chi connectivity index (χ2n) is 9.60. The van der Waals surface area contributed by atoms with Gasteiger partial charge in [-0.3, -0.25) is 0 Å². The average molecular weight is 492 g/mol. The van der Waals surface area contributed by atoms with Crippen LogP contribution in [-0.2, 0) is 6.42 Å². The molecule has 0 bridgehead atoms.